The lowest BCUT2D eigenvalue weighted by molar-refractivity contribution is -0.159. The Hall–Kier alpha value is -4.26. The molecule has 1 N–H and O–H groups in total. The topological polar surface area (TPSA) is 74.9 Å². The zero-order valence-corrected chi connectivity index (χ0v) is 21.2. The van der Waals surface area contributed by atoms with Crippen molar-refractivity contribution in [1.82, 2.24) is 14.8 Å². The summed E-state index contributed by atoms with van der Waals surface area (Å²) in [5, 5.41) is 1.10. The highest BCUT2D eigenvalue weighted by atomic mass is 16.5. The van der Waals surface area contributed by atoms with E-state index in [1.807, 2.05) is 43.3 Å². The van der Waals surface area contributed by atoms with E-state index in [0.29, 0.717) is 24.5 Å². The summed E-state index contributed by atoms with van der Waals surface area (Å²) in [5.41, 5.74) is 6.15. The maximum Gasteiger partial charge on any atom is 0.246 e. The number of benzene rings is 3. The predicted molar refractivity (Wildman–Crippen MR) is 141 cm³/mol. The number of piperazine rings is 1. The molecule has 3 aromatic carbocycles. The molecule has 7 heteroatoms. The number of rotatable bonds is 5. The summed E-state index contributed by atoms with van der Waals surface area (Å²) in [6, 6.07) is 21.0. The zero-order valence-electron chi connectivity index (χ0n) is 21.2. The van der Waals surface area contributed by atoms with Gasteiger partial charge in [0.05, 0.1) is 20.3 Å². The van der Waals surface area contributed by atoms with E-state index >= 15 is 0 Å². The molecule has 0 spiro atoms. The van der Waals surface area contributed by atoms with E-state index in [0.717, 1.165) is 38.9 Å². The summed E-state index contributed by atoms with van der Waals surface area (Å²) in [5.74, 6) is 1.12. The van der Waals surface area contributed by atoms with Crippen molar-refractivity contribution in [2.75, 3.05) is 20.8 Å². The number of aromatic nitrogens is 1. The van der Waals surface area contributed by atoms with Gasteiger partial charge in [0.2, 0.25) is 11.8 Å². The Morgan fingerprint density at radius 3 is 2.46 bits per heavy atom. The highest BCUT2D eigenvalue weighted by Crippen LogP contribution is 2.42. The molecule has 0 saturated carbocycles. The van der Waals surface area contributed by atoms with Gasteiger partial charge >= 0.3 is 0 Å². The normalized spacial score (nSPS) is 19.1. The molecule has 2 atom stereocenters. The Balaban J connectivity index is 1.40. The number of ether oxygens (including phenoxy) is 2. The van der Waals surface area contributed by atoms with E-state index in [2.05, 4.69) is 35.3 Å². The lowest BCUT2D eigenvalue weighted by Gasteiger charge is -2.47. The fourth-order valence-corrected chi connectivity index (χ4v) is 5.75. The molecule has 7 nitrogen and oxygen atoms in total. The molecule has 0 radical (unpaired) electrons. The molecule has 2 aliphatic rings. The quantitative estimate of drug-likeness (QED) is 0.446. The molecule has 1 saturated heterocycles. The van der Waals surface area contributed by atoms with Crippen molar-refractivity contribution in [3.63, 3.8) is 0 Å². The van der Waals surface area contributed by atoms with Gasteiger partial charge in [-0.2, -0.15) is 0 Å². The second-order valence-electron chi connectivity index (χ2n) is 9.78. The highest BCUT2D eigenvalue weighted by Gasteiger charge is 2.48. The molecule has 2 aliphatic heterocycles. The molecular formula is C30H29N3O4. The van der Waals surface area contributed by atoms with Crippen LogP contribution < -0.4 is 9.47 Å². The fraction of sp³-hybridized carbons (Fsp3) is 0.267. The van der Waals surface area contributed by atoms with E-state index in [9.17, 15) is 9.59 Å². The highest BCUT2D eigenvalue weighted by molar-refractivity contribution is 5.97. The maximum absolute atomic E-state index is 14.0. The van der Waals surface area contributed by atoms with Gasteiger partial charge in [-0.25, -0.2) is 0 Å². The van der Waals surface area contributed by atoms with Crippen molar-refractivity contribution in [2.45, 2.75) is 32.0 Å². The van der Waals surface area contributed by atoms with E-state index in [-0.39, 0.29) is 24.4 Å². The molecule has 6 rings (SSSR count). The second kappa shape index (κ2) is 9.00. The van der Waals surface area contributed by atoms with E-state index < -0.39 is 6.04 Å². The van der Waals surface area contributed by atoms with Crippen molar-refractivity contribution in [2.24, 2.45) is 0 Å². The van der Waals surface area contributed by atoms with Crippen LogP contribution in [-0.2, 0) is 22.6 Å². The van der Waals surface area contributed by atoms with Crippen LogP contribution in [0.4, 0.5) is 0 Å². The first-order valence-electron chi connectivity index (χ1n) is 12.5. The van der Waals surface area contributed by atoms with Gasteiger partial charge in [0, 0.05) is 29.6 Å². The summed E-state index contributed by atoms with van der Waals surface area (Å²) >= 11 is 0. The number of amides is 2. The van der Waals surface area contributed by atoms with Gasteiger partial charge in [0.15, 0.2) is 11.5 Å². The third-order valence-corrected chi connectivity index (χ3v) is 7.56. The number of H-pyrrole nitrogens is 1. The fourth-order valence-electron chi connectivity index (χ4n) is 5.75. The molecule has 0 bridgehead atoms. The molecule has 0 aliphatic carbocycles. The maximum atomic E-state index is 14.0. The smallest absolute Gasteiger partial charge is 0.246 e. The Morgan fingerprint density at radius 1 is 0.946 bits per heavy atom. The first-order chi connectivity index (χ1) is 18.0. The van der Waals surface area contributed by atoms with Gasteiger partial charge in [-0.1, -0.05) is 54.1 Å². The summed E-state index contributed by atoms with van der Waals surface area (Å²) in [6.45, 7) is 2.40. The summed E-state index contributed by atoms with van der Waals surface area (Å²) in [7, 11) is 3.17. The molecule has 188 valence electrons. The number of fused-ring (bicyclic) bond motifs is 4. The lowest BCUT2D eigenvalue weighted by atomic mass is 9.86. The van der Waals surface area contributed by atoms with Crippen LogP contribution in [0.2, 0.25) is 0 Å². The van der Waals surface area contributed by atoms with Crippen LogP contribution in [0.25, 0.3) is 10.9 Å². The first-order valence-corrected chi connectivity index (χ1v) is 12.5. The summed E-state index contributed by atoms with van der Waals surface area (Å²) in [4.78, 5) is 34.7. The van der Waals surface area contributed by atoms with Crippen molar-refractivity contribution in [3.05, 3.63) is 94.7 Å². The number of methoxy groups -OCH3 is 2. The largest absolute Gasteiger partial charge is 0.493 e. The van der Waals surface area contributed by atoms with Gasteiger partial charge in [0.25, 0.3) is 0 Å². The van der Waals surface area contributed by atoms with Crippen LogP contribution in [0.5, 0.6) is 11.5 Å². The minimum Gasteiger partial charge on any atom is -0.493 e. The van der Waals surface area contributed by atoms with Crippen molar-refractivity contribution in [1.29, 1.82) is 0 Å². The van der Waals surface area contributed by atoms with Crippen molar-refractivity contribution >= 4 is 22.7 Å². The number of aromatic amines is 1. The van der Waals surface area contributed by atoms with Crippen LogP contribution in [0.1, 0.15) is 34.0 Å². The van der Waals surface area contributed by atoms with Crippen molar-refractivity contribution < 1.29 is 19.1 Å². The number of carbonyl (C=O) groups is 2. The van der Waals surface area contributed by atoms with Gasteiger partial charge in [-0.3, -0.25) is 9.59 Å². The molecule has 3 heterocycles. The number of nitrogens with zero attached hydrogens (tertiary/aromatic N) is 2. The van der Waals surface area contributed by atoms with Crippen LogP contribution in [0.3, 0.4) is 0 Å². The standard InChI is InChI=1S/C30H29N3O4/c1-18-8-11-20(12-9-18)29-28-22(21-6-4-5-7-23(21)31-28)15-24-30(35)32(17-27(34)33(24)29)16-19-10-13-25(36-2)26(14-19)37-3/h4-14,24,29,31H,15-17H2,1-3H3/t24-,29-/m0/s1. The number of hydrogen-bond donors (Lipinski definition) is 1. The van der Waals surface area contributed by atoms with Gasteiger partial charge < -0.3 is 24.3 Å². The third kappa shape index (κ3) is 3.82. The first kappa shape index (κ1) is 23.2. The minimum absolute atomic E-state index is 0.0294. The average molecular weight is 496 g/mol. The van der Waals surface area contributed by atoms with Gasteiger partial charge in [-0.15, -0.1) is 0 Å². The summed E-state index contributed by atoms with van der Waals surface area (Å²) < 4.78 is 10.8. The van der Waals surface area contributed by atoms with E-state index in [1.165, 1.54) is 0 Å². The third-order valence-electron chi connectivity index (χ3n) is 7.56. The van der Waals surface area contributed by atoms with E-state index in [1.54, 1.807) is 24.0 Å². The van der Waals surface area contributed by atoms with Crippen LogP contribution >= 0.6 is 0 Å². The van der Waals surface area contributed by atoms with Crippen LogP contribution in [0.15, 0.2) is 66.7 Å². The Kier molecular flexibility index (Phi) is 5.63. The molecular weight excluding hydrogens is 466 g/mol. The van der Waals surface area contributed by atoms with Crippen molar-refractivity contribution in [3.8, 4) is 11.5 Å². The SMILES string of the molecule is COc1ccc(CN2CC(=O)N3[C@@H](c4ccc(C)cc4)c4[nH]c5ccccc5c4C[C@H]3C2=O)cc1OC. The molecule has 4 aromatic rings. The van der Waals surface area contributed by atoms with E-state index in [4.69, 9.17) is 9.47 Å². The zero-order chi connectivity index (χ0) is 25.7. The molecule has 1 aromatic heterocycles. The Bertz CT molecular complexity index is 1510. The second-order valence-corrected chi connectivity index (χ2v) is 9.78. The van der Waals surface area contributed by atoms with Crippen LogP contribution in [0, 0.1) is 6.92 Å². The molecule has 37 heavy (non-hydrogen) atoms. The lowest BCUT2D eigenvalue weighted by Crippen LogP contribution is -2.62. The number of hydrogen-bond acceptors (Lipinski definition) is 4. The average Bonchev–Trinajstić information content (AvgIpc) is 3.29. The van der Waals surface area contributed by atoms with Crippen LogP contribution in [-0.4, -0.2) is 53.4 Å². The molecule has 0 unspecified atom stereocenters. The number of nitrogens with one attached hydrogen (secondary N) is 1. The van der Waals surface area contributed by atoms with Gasteiger partial charge in [-0.05, 0) is 41.8 Å². The number of para-hydroxylation sites is 1. The summed E-state index contributed by atoms with van der Waals surface area (Å²) in [6.07, 6.45) is 0.481. The Morgan fingerprint density at radius 2 is 1.70 bits per heavy atom. The number of carbonyl (C=O) groups excluding carboxylic acids is 2. The Labute approximate surface area is 215 Å². The number of aryl methyl sites for hydroxylation is 1. The van der Waals surface area contributed by atoms with Gasteiger partial charge in [0.1, 0.15) is 12.6 Å². The molecule has 2 amide bonds. The minimum atomic E-state index is -0.570. The monoisotopic (exact) mass is 495 g/mol. The molecule has 1 fully saturated rings. The predicted octanol–water partition coefficient (Wildman–Crippen LogP) is 4.38.